The van der Waals surface area contributed by atoms with Crippen LogP contribution >= 0.6 is 24.0 Å². The Morgan fingerprint density at radius 3 is 2.83 bits per heavy atom. The lowest BCUT2D eigenvalue weighted by molar-refractivity contribution is -0.137. The lowest BCUT2D eigenvalue weighted by atomic mass is 10.1. The molecule has 0 radical (unpaired) electrons. The second-order valence-corrected chi connectivity index (χ2v) is 6.56. The first-order valence-electron chi connectivity index (χ1n) is 6.91. The molecule has 0 aliphatic carbocycles. The topological polar surface area (TPSA) is 76.1 Å². The third kappa shape index (κ3) is 3.48. The molecule has 8 heteroatoms. The van der Waals surface area contributed by atoms with E-state index in [4.69, 9.17) is 26.8 Å². The van der Waals surface area contributed by atoms with Gasteiger partial charge in [-0.2, -0.15) is 0 Å². The van der Waals surface area contributed by atoms with E-state index in [-0.39, 0.29) is 18.9 Å². The fourth-order valence-electron chi connectivity index (χ4n) is 2.20. The standard InChI is InChI=1S/C15H13NO5S2/c17-13(18)3-4-16-14(19)12(23-15(16)22)8-9-1-2-10-11(7-9)21-6-5-20-10/h1-2,7-8H,3-6H2,(H,17,18). The zero-order valence-electron chi connectivity index (χ0n) is 12.0. The molecule has 0 saturated carbocycles. The van der Waals surface area contributed by atoms with E-state index in [1.54, 1.807) is 18.2 Å². The summed E-state index contributed by atoms with van der Waals surface area (Å²) in [6.45, 7) is 1.10. The number of fused-ring (bicyclic) bond motifs is 1. The molecule has 0 spiro atoms. The minimum Gasteiger partial charge on any atom is -0.486 e. The first-order chi connectivity index (χ1) is 11.0. The van der Waals surface area contributed by atoms with Gasteiger partial charge >= 0.3 is 5.97 Å². The number of carbonyl (C=O) groups is 2. The zero-order chi connectivity index (χ0) is 16.4. The first kappa shape index (κ1) is 15.8. The van der Waals surface area contributed by atoms with Gasteiger partial charge in [0.25, 0.3) is 5.91 Å². The Morgan fingerprint density at radius 1 is 1.35 bits per heavy atom. The number of benzene rings is 1. The van der Waals surface area contributed by atoms with Crippen LogP contribution in [0.25, 0.3) is 6.08 Å². The van der Waals surface area contributed by atoms with Gasteiger partial charge in [0.15, 0.2) is 11.5 Å². The van der Waals surface area contributed by atoms with Crippen molar-refractivity contribution in [3.8, 4) is 11.5 Å². The molecular formula is C15H13NO5S2. The van der Waals surface area contributed by atoms with Gasteiger partial charge in [0.2, 0.25) is 0 Å². The number of carbonyl (C=O) groups excluding carboxylic acids is 1. The maximum atomic E-state index is 12.3. The monoisotopic (exact) mass is 351 g/mol. The number of ether oxygens (including phenoxy) is 2. The van der Waals surface area contributed by atoms with Gasteiger partial charge in [-0.1, -0.05) is 30.0 Å². The van der Waals surface area contributed by atoms with Crippen molar-refractivity contribution in [3.05, 3.63) is 28.7 Å². The van der Waals surface area contributed by atoms with Crippen LogP contribution in [0.3, 0.4) is 0 Å². The highest BCUT2D eigenvalue weighted by atomic mass is 32.2. The second-order valence-electron chi connectivity index (χ2n) is 4.88. The summed E-state index contributed by atoms with van der Waals surface area (Å²) >= 11 is 6.32. The largest absolute Gasteiger partial charge is 0.486 e. The Bertz CT molecular complexity index is 716. The van der Waals surface area contributed by atoms with Gasteiger partial charge in [-0.25, -0.2) is 0 Å². The molecule has 120 valence electrons. The molecule has 0 unspecified atom stereocenters. The minimum absolute atomic E-state index is 0.0818. The summed E-state index contributed by atoms with van der Waals surface area (Å²) < 4.78 is 11.3. The molecule has 3 rings (SSSR count). The first-order valence-corrected chi connectivity index (χ1v) is 8.14. The van der Waals surface area contributed by atoms with Gasteiger partial charge in [0.1, 0.15) is 17.5 Å². The fraction of sp³-hybridized carbons (Fsp3) is 0.267. The van der Waals surface area contributed by atoms with Crippen molar-refractivity contribution in [2.45, 2.75) is 6.42 Å². The number of thioether (sulfide) groups is 1. The number of nitrogens with zero attached hydrogens (tertiary/aromatic N) is 1. The van der Waals surface area contributed by atoms with Crippen molar-refractivity contribution in [2.75, 3.05) is 19.8 Å². The average Bonchev–Trinajstić information content (AvgIpc) is 2.79. The van der Waals surface area contributed by atoms with Crippen molar-refractivity contribution in [1.82, 2.24) is 4.90 Å². The van der Waals surface area contributed by atoms with Crippen LogP contribution in [0.4, 0.5) is 0 Å². The molecule has 1 amide bonds. The van der Waals surface area contributed by atoms with Gasteiger partial charge in [0, 0.05) is 6.54 Å². The summed E-state index contributed by atoms with van der Waals surface area (Å²) in [6.07, 6.45) is 1.59. The maximum absolute atomic E-state index is 12.3. The van der Waals surface area contributed by atoms with Crippen molar-refractivity contribution in [1.29, 1.82) is 0 Å². The third-order valence-electron chi connectivity index (χ3n) is 3.29. The molecule has 2 heterocycles. The molecule has 1 aromatic carbocycles. The quantitative estimate of drug-likeness (QED) is 0.658. The van der Waals surface area contributed by atoms with Gasteiger partial charge in [-0.05, 0) is 23.8 Å². The highest BCUT2D eigenvalue weighted by molar-refractivity contribution is 8.26. The highest BCUT2D eigenvalue weighted by Crippen LogP contribution is 2.35. The van der Waals surface area contributed by atoms with Gasteiger partial charge in [0.05, 0.1) is 11.3 Å². The lowest BCUT2D eigenvalue weighted by Gasteiger charge is -2.18. The number of rotatable bonds is 4. The van der Waals surface area contributed by atoms with Crippen molar-refractivity contribution < 1.29 is 24.2 Å². The smallest absolute Gasteiger partial charge is 0.305 e. The van der Waals surface area contributed by atoms with Crippen LogP contribution < -0.4 is 9.47 Å². The van der Waals surface area contributed by atoms with Gasteiger partial charge < -0.3 is 14.6 Å². The number of amides is 1. The number of thiocarbonyl (C=S) groups is 1. The molecule has 2 aliphatic rings. The molecule has 0 bridgehead atoms. The van der Waals surface area contributed by atoms with Crippen LogP contribution in [-0.4, -0.2) is 46.0 Å². The minimum atomic E-state index is -0.963. The van der Waals surface area contributed by atoms with E-state index in [2.05, 4.69) is 0 Å². The van der Waals surface area contributed by atoms with E-state index in [1.807, 2.05) is 6.07 Å². The Morgan fingerprint density at radius 2 is 2.09 bits per heavy atom. The Hall–Kier alpha value is -2.06. The van der Waals surface area contributed by atoms with Crippen molar-refractivity contribution in [2.24, 2.45) is 0 Å². The number of carboxylic acid groups (broad SMARTS) is 1. The van der Waals surface area contributed by atoms with Crippen LogP contribution in [0.1, 0.15) is 12.0 Å². The Balaban J connectivity index is 1.79. The normalized spacial score (nSPS) is 18.6. The summed E-state index contributed by atoms with van der Waals surface area (Å²) in [5.41, 5.74) is 0.799. The molecule has 1 N–H and O–H groups in total. The summed E-state index contributed by atoms with van der Waals surface area (Å²) in [4.78, 5) is 24.8. The maximum Gasteiger partial charge on any atom is 0.305 e. The number of aliphatic carboxylic acids is 1. The van der Waals surface area contributed by atoms with E-state index >= 15 is 0 Å². The van der Waals surface area contributed by atoms with Crippen LogP contribution in [0.5, 0.6) is 11.5 Å². The van der Waals surface area contributed by atoms with Crippen LogP contribution in [0.15, 0.2) is 23.1 Å². The predicted molar refractivity (Wildman–Crippen MR) is 89.6 cm³/mol. The Kier molecular flexibility index (Phi) is 4.53. The average molecular weight is 351 g/mol. The van der Waals surface area contributed by atoms with E-state index in [1.165, 1.54) is 16.7 Å². The van der Waals surface area contributed by atoms with Crippen LogP contribution in [-0.2, 0) is 9.59 Å². The fourth-order valence-corrected chi connectivity index (χ4v) is 3.51. The van der Waals surface area contributed by atoms with Crippen molar-refractivity contribution >= 4 is 46.3 Å². The molecular weight excluding hydrogens is 338 g/mol. The number of hydrogen-bond acceptors (Lipinski definition) is 6. The van der Waals surface area contributed by atoms with Gasteiger partial charge in [-0.15, -0.1) is 0 Å². The SMILES string of the molecule is O=C(O)CCN1C(=O)C(=Cc2ccc3c(c2)OCCO3)SC1=S. The molecule has 0 aromatic heterocycles. The van der Waals surface area contributed by atoms with E-state index in [9.17, 15) is 9.59 Å². The van der Waals surface area contributed by atoms with E-state index in [0.717, 1.165) is 5.56 Å². The predicted octanol–water partition coefficient (Wildman–Crippen LogP) is 2.13. The van der Waals surface area contributed by atoms with E-state index in [0.29, 0.717) is 33.9 Å². The molecule has 2 aliphatic heterocycles. The van der Waals surface area contributed by atoms with Crippen LogP contribution in [0.2, 0.25) is 0 Å². The molecule has 1 fully saturated rings. The molecule has 1 saturated heterocycles. The lowest BCUT2D eigenvalue weighted by Crippen LogP contribution is -2.30. The molecule has 6 nitrogen and oxygen atoms in total. The highest BCUT2D eigenvalue weighted by Gasteiger charge is 2.32. The van der Waals surface area contributed by atoms with Gasteiger partial charge in [-0.3, -0.25) is 14.5 Å². The molecule has 23 heavy (non-hydrogen) atoms. The number of carboxylic acids is 1. The summed E-state index contributed by atoms with van der Waals surface area (Å²) in [5.74, 6) is 0.0970. The summed E-state index contributed by atoms with van der Waals surface area (Å²) in [5, 5.41) is 8.73. The second kappa shape index (κ2) is 6.59. The molecule has 0 atom stereocenters. The molecule has 1 aromatic rings. The van der Waals surface area contributed by atoms with Crippen LogP contribution in [0, 0.1) is 0 Å². The summed E-state index contributed by atoms with van der Waals surface area (Å²) in [6, 6.07) is 5.43. The Labute approximate surface area is 142 Å². The third-order valence-corrected chi connectivity index (χ3v) is 4.66. The van der Waals surface area contributed by atoms with Crippen molar-refractivity contribution in [3.63, 3.8) is 0 Å². The zero-order valence-corrected chi connectivity index (χ0v) is 13.6. The van der Waals surface area contributed by atoms with E-state index < -0.39 is 5.97 Å². The number of hydrogen-bond donors (Lipinski definition) is 1. The summed E-state index contributed by atoms with van der Waals surface area (Å²) in [7, 11) is 0.